The number of rotatable bonds is 5. The van der Waals surface area contributed by atoms with Gasteiger partial charge in [0.05, 0.1) is 16.7 Å². The Balaban J connectivity index is 1.93. The maximum atomic E-state index is 12.2. The van der Waals surface area contributed by atoms with Crippen molar-refractivity contribution in [3.63, 3.8) is 0 Å². The third-order valence-corrected chi connectivity index (χ3v) is 4.89. The number of nitrogens with zero attached hydrogens (tertiary/aromatic N) is 2. The van der Waals surface area contributed by atoms with Crippen molar-refractivity contribution in [2.75, 3.05) is 0 Å². The molecule has 0 radical (unpaired) electrons. The van der Waals surface area contributed by atoms with Gasteiger partial charge in [-0.2, -0.15) is 0 Å². The van der Waals surface area contributed by atoms with E-state index in [0.717, 1.165) is 44.7 Å². The van der Waals surface area contributed by atoms with Crippen LogP contribution in [-0.2, 0) is 22.5 Å². The Morgan fingerprint density at radius 3 is 2.88 bits per heavy atom. The maximum absolute atomic E-state index is 12.2. The quantitative estimate of drug-likeness (QED) is 0.816. The van der Waals surface area contributed by atoms with Crippen molar-refractivity contribution in [3.8, 4) is 5.88 Å². The fraction of sp³-hybridized carbons (Fsp3) is 0.316. The van der Waals surface area contributed by atoms with Crippen LogP contribution in [0.3, 0.4) is 0 Å². The Kier molecular flexibility index (Phi) is 5.08. The topological polar surface area (TPSA) is 80.9 Å². The van der Waals surface area contributed by atoms with Crippen LogP contribution in [0.1, 0.15) is 36.8 Å². The second kappa shape index (κ2) is 7.29. The minimum absolute atomic E-state index is 0.235. The first-order valence-electron chi connectivity index (χ1n) is 8.40. The lowest BCUT2D eigenvalue weighted by atomic mass is 10.0. The molecule has 0 spiro atoms. The molecule has 1 aromatic carbocycles. The van der Waals surface area contributed by atoms with E-state index in [-0.39, 0.29) is 18.5 Å². The van der Waals surface area contributed by atoms with Crippen LogP contribution < -0.4 is 4.87 Å². The number of ether oxygens (including phenoxy) is 1. The van der Waals surface area contributed by atoms with E-state index in [2.05, 4.69) is 11.9 Å². The highest BCUT2D eigenvalue weighted by Crippen LogP contribution is 2.37. The van der Waals surface area contributed by atoms with Gasteiger partial charge in [-0.15, -0.1) is 0 Å². The van der Waals surface area contributed by atoms with Crippen molar-refractivity contribution < 1.29 is 14.6 Å². The number of thiazole rings is 1. The highest BCUT2D eigenvalue weighted by molar-refractivity contribution is 7.10. The Morgan fingerprint density at radius 1 is 1.42 bits per heavy atom. The van der Waals surface area contributed by atoms with Crippen molar-refractivity contribution >= 4 is 40.9 Å². The smallest absolute Gasteiger partial charge is 0.326 e. The van der Waals surface area contributed by atoms with E-state index in [1.165, 1.54) is 0 Å². The second-order valence-electron chi connectivity index (χ2n) is 6.21. The molecule has 1 aliphatic rings. The molecule has 0 amide bonds. The van der Waals surface area contributed by atoms with E-state index in [1.54, 1.807) is 26.1 Å². The maximum Gasteiger partial charge on any atom is 0.326 e. The summed E-state index contributed by atoms with van der Waals surface area (Å²) in [4.78, 5) is 28.4. The summed E-state index contributed by atoms with van der Waals surface area (Å²) in [6.45, 7) is 5.21. The molecule has 2 heterocycles. The Bertz CT molecular complexity index is 966. The number of esters is 1. The SMILES string of the molecule is CCc1cccc2c1N=CC2=Cc1sc(=O)n(CC(=O)OC(C)C)c1O. The number of aromatic hydroxyl groups is 1. The molecule has 3 rings (SSSR count). The van der Waals surface area contributed by atoms with Gasteiger partial charge in [-0.25, -0.2) is 0 Å². The number of hydrogen-bond donors (Lipinski definition) is 1. The van der Waals surface area contributed by atoms with Crippen LogP contribution in [0.25, 0.3) is 11.6 Å². The van der Waals surface area contributed by atoms with E-state index in [4.69, 9.17) is 4.74 Å². The summed E-state index contributed by atoms with van der Waals surface area (Å²) in [7, 11) is 0. The van der Waals surface area contributed by atoms with Crippen molar-refractivity contribution in [2.24, 2.45) is 4.99 Å². The predicted molar refractivity (Wildman–Crippen MR) is 103 cm³/mol. The highest BCUT2D eigenvalue weighted by Gasteiger charge is 2.19. The molecule has 1 aromatic heterocycles. The van der Waals surface area contributed by atoms with E-state index in [1.807, 2.05) is 18.2 Å². The Morgan fingerprint density at radius 2 is 2.19 bits per heavy atom. The van der Waals surface area contributed by atoms with Gasteiger partial charge >= 0.3 is 10.8 Å². The molecule has 136 valence electrons. The molecule has 6 nitrogen and oxygen atoms in total. The van der Waals surface area contributed by atoms with Gasteiger partial charge in [0.1, 0.15) is 6.54 Å². The number of carbonyl (C=O) groups excluding carboxylic acids is 1. The van der Waals surface area contributed by atoms with Gasteiger partial charge in [0.25, 0.3) is 0 Å². The molecule has 7 heteroatoms. The summed E-state index contributed by atoms with van der Waals surface area (Å²) < 4.78 is 6.06. The summed E-state index contributed by atoms with van der Waals surface area (Å²) in [5, 5.41) is 10.4. The van der Waals surface area contributed by atoms with E-state index < -0.39 is 10.8 Å². The zero-order valence-corrected chi connectivity index (χ0v) is 15.7. The van der Waals surface area contributed by atoms with Crippen LogP contribution in [-0.4, -0.2) is 28.0 Å². The molecule has 0 unspecified atom stereocenters. The lowest BCUT2D eigenvalue weighted by Gasteiger charge is -2.08. The van der Waals surface area contributed by atoms with Gasteiger partial charge in [-0.3, -0.25) is 19.1 Å². The molecule has 0 atom stereocenters. The highest BCUT2D eigenvalue weighted by atomic mass is 32.1. The van der Waals surface area contributed by atoms with E-state index in [0.29, 0.717) is 4.88 Å². The molecule has 0 saturated carbocycles. The van der Waals surface area contributed by atoms with Gasteiger partial charge in [0.15, 0.2) is 0 Å². The zero-order valence-electron chi connectivity index (χ0n) is 14.9. The molecule has 0 saturated heterocycles. The number of aryl methyl sites for hydroxylation is 1. The van der Waals surface area contributed by atoms with Crippen LogP contribution in [0, 0.1) is 0 Å². The summed E-state index contributed by atoms with van der Waals surface area (Å²) >= 11 is 0.885. The molecule has 26 heavy (non-hydrogen) atoms. The number of benzene rings is 1. The van der Waals surface area contributed by atoms with Gasteiger partial charge in [0, 0.05) is 17.4 Å². The number of para-hydroxylation sites is 1. The summed E-state index contributed by atoms with van der Waals surface area (Å²) in [5.74, 6) is -0.795. The van der Waals surface area contributed by atoms with Crippen molar-refractivity contribution in [1.82, 2.24) is 4.57 Å². The number of hydrogen-bond acceptors (Lipinski definition) is 6. The summed E-state index contributed by atoms with van der Waals surface area (Å²) in [5.41, 5.74) is 3.86. The molecule has 0 fully saturated rings. The molecular weight excluding hydrogens is 352 g/mol. The fourth-order valence-electron chi connectivity index (χ4n) is 2.80. The van der Waals surface area contributed by atoms with Crippen molar-refractivity contribution in [3.05, 3.63) is 43.9 Å². The fourth-order valence-corrected chi connectivity index (χ4v) is 3.64. The number of allylic oxidation sites excluding steroid dienone is 1. The molecule has 1 aliphatic heterocycles. The van der Waals surface area contributed by atoms with Crippen LogP contribution in [0.15, 0.2) is 28.0 Å². The average molecular weight is 372 g/mol. The Labute approximate surface area is 155 Å². The molecular formula is C19H20N2O4S. The first kappa shape index (κ1) is 18.1. The lowest BCUT2D eigenvalue weighted by molar-refractivity contribution is -0.148. The van der Waals surface area contributed by atoms with Crippen LogP contribution >= 0.6 is 11.3 Å². The van der Waals surface area contributed by atoms with Gasteiger partial charge < -0.3 is 9.84 Å². The van der Waals surface area contributed by atoms with Gasteiger partial charge in [-0.05, 0) is 31.9 Å². The standard InChI is InChI=1S/C19H20N2O4S/c1-4-12-6-5-7-14-13(9-20-17(12)14)8-15-18(23)21(19(24)26-15)10-16(22)25-11(2)3/h5-9,11,23H,4,10H2,1-3H3. The predicted octanol–water partition coefficient (Wildman–Crippen LogP) is 3.39. The normalized spacial score (nSPS) is 14.2. The minimum Gasteiger partial charge on any atom is -0.493 e. The van der Waals surface area contributed by atoms with Crippen molar-refractivity contribution in [1.29, 1.82) is 0 Å². The molecule has 0 aliphatic carbocycles. The van der Waals surface area contributed by atoms with Gasteiger partial charge in [-0.1, -0.05) is 36.5 Å². The monoisotopic (exact) mass is 372 g/mol. The summed E-state index contributed by atoms with van der Waals surface area (Å²) in [6.07, 6.45) is 4.05. The second-order valence-corrected chi connectivity index (χ2v) is 7.20. The number of fused-ring (bicyclic) bond motifs is 1. The third-order valence-electron chi connectivity index (χ3n) is 3.98. The number of aliphatic imine (C=N–C) groups is 1. The molecule has 1 N–H and O–H groups in total. The van der Waals surface area contributed by atoms with Crippen LogP contribution in [0.5, 0.6) is 5.88 Å². The van der Waals surface area contributed by atoms with Crippen LogP contribution in [0.4, 0.5) is 5.69 Å². The average Bonchev–Trinajstić information content (AvgIpc) is 3.11. The lowest BCUT2D eigenvalue weighted by Crippen LogP contribution is -2.22. The number of carbonyl (C=O) groups is 1. The van der Waals surface area contributed by atoms with Crippen molar-refractivity contribution in [2.45, 2.75) is 39.8 Å². The first-order chi connectivity index (χ1) is 12.4. The minimum atomic E-state index is -0.560. The Hall–Kier alpha value is -2.67. The molecule has 0 bridgehead atoms. The molecule has 2 aromatic rings. The van der Waals surface area contributed by atoms with E-state index in [9.17, 15) is 14.7 Å². The van der Waals surface area contributed by atoms with E-state index >= 15 is 0 Å². The summed E-state index contributed by atoms with van der Waals surface area (Å²) in [6, 6.07) is 5.96. The zero-order chi connectivity index (χ0) is 18.8. The first-order valence-corrected chi connectivity index (χ1v) is 9.22. The third kappa shape index (κ3) is 3.48. The largest absolute Gasteiger partial charge is 0.493 e. The van der Waals surface area contributed by atoms with Crippen LogP contribution in [0.2, 0.25) is 0 Å². The number of aromatic nitrogens is 1. The van der Waals surface area contributed by atoms with Gasteiger partial charge in [0.2, 0.25) is 5.88 Å².